The maximum absolute atomic E-state index is 10.0. The standard InChI is InChI=1S/C4H8OS.ClH/c1-3(2)4(5)6;/h3H,1-2H3,(H,5,6);1H. The summed E-state index contributed by atoms with van der Waals surface area (Å²) in [7, 11) is 0. The van der Waals surface area contributed by atoms with Crippen LogP contribution in [0.25, 0.3) is 0 Å². The maximum atomic E-state index is 10.0. The van der Waals surface area contributed by atoms with Gasteiger partial charge in [-0.3, -0.25) is 4.79 Å². The van der Waals surface area contributed by atoms with E-state index in [0.29, 0.717) is 0 Å². The van der Waals surface area contributed by atoms with E-state index in [-0.39, 0.29) is 23.4 Å². The smallest absolute Gasteiger partial charge is 0.188 e. The summed E-state index contributed by atoms with van der Waals surface area (Å²) in [6, 6.07) is 0. The molecule has 1 nitrogen and oxygen atoms in total. The molecule has 0 aliphatic carbocycles. The fourth-order valence-corrected chi connectivity index (χ4v) is 0. The van der Waals surface area contributed by atoms with Crippen molar-refractivity contribution in [3.63, 3.8) is 0 Å². The van der Waals surface area contributed by atoms with Crippen molar-refractivity contribution in [2.45, 2.75) is 13.8 Å². The first kappa shape index (κ1) is 10.3. The van der Waals surface area contributed by atoms with Gasteiger partial charge in [0.2, 0.25) is 0 Å². The lowest BCUT2D eigenvalue weighted by Gasteiger charge is -1.89. The predicted molar refractivity (Wildman–Crippen MR) is 36.1 cm³/mol. The normalized spacial score (nSPS) is 8.00. The zero-order valence-corrected chi connectivity index (χ0v) is 6.05. The number of rotatable bonds is 1. The van der Waals surface area contributed by atoms with Crippen LogP contribution >= 0.6 is 25.0 Å². The van der Waals surface area contributed by atoms with Crippen molar-refractivity contribution in [2.75, 3.05) is 0 Å². The average molecular weight is 141 g/mol. The molecule has 44 valence electrons. The molecule has 0 aromatic rings. The van der Waals surface area contributed by atoms with Crippen LogP contribution in [0, 0.1) is 5.92 Å². The van der Waals surface area contributed by atoms with Crippen molar-refractivity contribution in [3.8, 4) is 0 Å². The molecule has 0 rings (SSSR count). The Morgan fingerprint density at radius 3 is 1.71 bits per heavy atom. The van der Waals surface area contributed by atoms with Crippen LogP contribution in [0.1, 0.15) is 13.8 Å². The minimum atomic E-state index is -0.0463. The van der Waals surface area contributed by atoms with Crippen LogP contribution in [0.2, 0.25) is 0 Å². The summed E-state index contributed by atoms with van der Waals surface area (Å²) in [6.07, 6.45) is 0. The van der Waals surface area contributed by atoms with E-state index >= 15 is 0 Å². The molecular formula is C4H9ClOS. The molecule has 7 heavy (non-hydrogen) atoms. The summed E-state index contributed by atoms with van der Waals surface area (Å²) in [5, 5.41) is -0.0463. The van der Waals surface area contributed by atoms with Crippen molar-refractivity contribution in [2.24, 2.45) is 5.92 Å². The highest BCUT2D eigenvalue weighted by Crippen LogP contribution is 1.94. The summed E-state index contributed by atoms with van der Waals surface area (Å²) in [5.74, 6) is 0.0772. The van der Waals surface area contributed by atoms with Crippen LogP contribution in [-0.4, -0.2) is 5.12 Å². The molecule has 0 amide bonds. The number of thiol groups is 1. The van der Waals surface area contributed by atoms with Gasteiger partial charge in [0, 0.05) is 5.92 Å². The Morgan fingerprint density at radius 1 is 1.57 bits per heavy atom. The fourth-order valence-electron chi connectivity index (χ4n) is 0. The summed E-state index contributed by atoms with van der Waals surface area (Å²) in [6.45, 7) is 3.63. The molecule has 0 fully saturated rings. The number of hydrogen-bond acceptors (Lipinski definition) is 1. The van der Waals surface area contributed by atoms with E-state index in [0.717, 1.165) is 0 Å². The minimum Gasteiger partial charge on any atom is -0.287 e. The molecule has 0 aromatic heterocycles. The lowest BCUT2D eigenvalue weighted by atomic mass is 10.3. The van der Waals surface area contributed by atoms with Crippen molar-refractivity contribution in [3.05, 3.63) is 0 Å². The van der Waals surface area contributed by atoms with Crippen LogP contribution in [0.3, 0.4) is 0 Å². The highest BCUT2D eigenvalue weighted by Gasteiger charge is 1.96. The van der Waals surface area contributed by atoms with Gasteiger partial charge in [-0.15, -0.1) is 25.0 Å². The fraction of sp³-hybridized carbons (Fsp3) is 0.750. The van der Waals surface area contributed by atoms with Gasteiger partial charge < -0.3 is 0 Å². The van der Waals surface area contributed by atoms with E-state index in [1.54, 1.807) is 0 Å². The summed E-state index contributed by atoms with van der Waals surface area (Å²) >= 11 is 3.55. The number of carbonyl (C=O) groups excluding carboxylic acids is 1. The van der Waals surface area contributed by atoms with Gasteiger partial charge >= 0.3 is 0 Å². The second-order valence-electron chi connectivity index (χ2n) is 1.49. The zero-order chi connectivity index (χ0) is 5.15. The number of halogens is 1. The predicted octanol–water partition coefficient (Wildman–Crippen LogP) is 1.52. The second kappa shape index (κ2) is 4.47. The van der Waals surface area contributed by atoms with E-state index in [1.807, 2.05) is 13.8 Å². The Morgan fingerprint density at radius 2 is 1.71 bits per heavy atom. The second-order valence-corrected chi connectivity index (χ2v) is 1.93. The van der Waals surface area contributed by atoms with Crippen LogP contribution in [-0.2, 0) is 4.79 Å². The largest absolute Gasteiger partial charge is 0.287 e. The van der Waals surface area contributed by atoms with E-state index in [9.17, 15) is 4.79 Å². The van der Waals surface area contributed by atoms with Gasteiger partial charge in [-0.1, -0.05) is 13.8 Å². The lowest BCUT2D eigenvalue weighted by molar-refractivity contribution is -0.113. The molecule has 3 heteroatoms. The first-order chi connectivity index (χ1) is 2.64. The zero-order valence-electron chi connectivity index (χ0n) is 4.34. The Bertz CT molecular complexity index is 62.7. The molecule has 0 aliphatic rings. The SMILES string of the molecule is CC(C)C(=O)S.Cl. The van der Waals surface area contributed by atoms with E-state index in [4.69, 9.17) is 0 Å². The molecule has 0 bridgehead atoms. The molecule has 0 heterocycles. The Labute approximate surface area is 55.3 Å². The third-order valence-electron chi connectivity index (χ3n) is 0.494. The molecular weight excluding hydrogens is 132 g/mol. The Kier molecular flexibility index (Phi) is 6.59. The van der Waals surface area contributed by atoms with Crippen molar-refractivity contribution in [1.82, 2.24) is 0 Å². The van der Waals surface area contributed by atoms with Crippen molar-refractivity contribution in [1.29, 1.82) is 0 Å². The minimum absolute atomic E-state index is 0. The first-order valence-electron chi connectivity index (χ1n) is 1.87. The molecule has 0 radical (unpaired) electrons. The van der Waals surface area contributed by atoms with Gasteiger partial charge in [-0.25, -0.2) is 0 Å². The molecule has 0 saturated carbocycles. The van der Waals surface area contributed by atoms with Crippen LogP contribution in [0.15, 0.2) is 0 Å². The molecule has 0 N–H and O–H groups in total. The summed E-state index contributed by atoms with van der Waals surface area (Å²) < 4.78 is 0. The van der Waals surface area contributed by atoms with Gasteiger partial charge in [0.05, 0.1) is 0 Å². The van der Waals surface area contributed by atoms with E-state index in [1.165, 1.54) is 0 Å². The molecule has 0 spiro atoms. The van der Waals surface area contributed by atoms with Gasteiger partial charge in [0.15, 0.2) is 5.12 Å². The summed E-state index contributed by atoms with van der Waals surface area (Å²) in [5.41, 5.74) is 0. The highest BCUT2D eigenvalue weighted by molar-refractivity contribution is 7.96. The summed E-state index contributed by atoms with van der Waals surface area (Å²) in [4.78, 5) is 10.0. The topological polar surface area (TPSA) is 17.1 Å². The molecule has 0 atom stereocenters. The van der Waals surface area contributed by atoms with Crippen LogP contribution < -0.4 is 0 Å². The van der Waals surface area contributed by atoms with Crippen molar-refractivity contribution >= 4 is 30.2 Å². The highest BCUT2D eigenvalue weighted by atomic mass is 35.5. The Hall–Kier alpha value is 0.310. The molecule has 0 aliphatic heterocycles. The van der Waals surface area contributed by atoms with Gasteiger partial charge in [0.25, 0.3) is 0 Å². The van der Waals surface area contributed by atoms with E-state index < -0.39 is 0 Å². The van der Waals surface area contributed by atoms with Gasteiger partial charge in [-0.05, 0) is 0 Å². The van der Waals surface area contributed by atoms with Crippen LogP contribution in [0.4, 0.5) is 0 Å². The maximum Gasteiger partial charge on any atom is 0.188 e. The van der Waals surface area contributed by atoms with Crippen LogP contribution in [0.5, 0.6) is 0 Å². The molecule has 0 unspecified atom stereocenters. The van der Waals surface area contributed by atoms with Gasteiger partial charge in [-0.2, -0.15) is 0 Å². The van der Waals surface area contributed by atoms with E-state index in [2.05, 4.69) is 12.6 Å². The number of hydrogen-bond donors (Lipinski definition) is 1. The monoisotopic (exact) mass is 140 g/mol. The average Bonchev–Trinajstić information content (AvgIpc) is 1.36. The quantitative estimate of drug-likeness (QED) is 0.547. The first-order valence-corrected chi connectivity index (χ1v) is 2.32. The van der Waals surface area contributed by atoms with Crippen molar-refractivity contribution < 1.29 is 4.79 Å². The third kappa shape index (κ3) is 6.31. The molecule has 0 saturated heterocycles. The lowest BCUT2D eigenvalue weighted by Crippen LogP contribution is -1.95. The third-order valence-corrected chi connectivity index (χ3v) is 1.01. The van der Waals surface area contributed by atoms with Gasteiger partial charge in [0.1, 0.15) is 0 Å². The molecule has 0 aromatic carbocycles. The number of carbonyl (C=O) groups is 1. The Balaban J connectivity index is 0.